The molecule has 0 aliphatic carbocycles. The van der Waals surface area contributed by atoms with Crippen LogP contribution in [-0.2, 0) is 0 Å². The van der Waals surface area contributed by atoms with Crippen molar-refractivity contribution in [1.82, 2.24) is 0 Å². The lowest BCUT2D eigenvalue weighted by atomic mass is 10.1. The van der Waals surface area contributed by atoms with Crippen molar-refractivity contribution in [3.05, 3.63) is 53.6 Å². The zero-order valence-corrected chi connectivity index (χ0v) is 13.6. The van der Waals surface area contributed by atoms with Gasteiger partial charge in [-0.3, -0.25) is 0 Å². The molecule has 1 nitrogen and oxygen atoms in total. The van der Waals surface area contributed by atoms with E-state index < -0.39 is 6.10 Å². The van der Waals surface area contributed by atoms with Gasteiger partial charge < -0.3 is 5.11 Å². The number of aliphatic hydroxyl groups excluding tert-OH is 1. The number of thiophene rings is 1. The quantitative estimate of drug-likeness (QED) is 0.729. The highest BCUT2D eigenvalue weighted by Gasteiger charge is 2.17. The minimum Gasteiger partial charge on any atom is -0.383 e. The van der Waals surface area contributed by atoms with Crippen LogP contribution in [0.4, 0.5) is 0 Å². The molecule has 1 heterocycles. The minimum atomic E-state index is -0.685. The molecule has 0 aliphatic rings. The van der Waals surface area contributed by atoms with Crippen LogP contribution in [0.25, 0.3) is 0 Å². The van der Waals surface area contributed by atoms with Gasteiger partial charge in [-0.05, 0) is 56.5 Å². The summed E-state index contributed by atoms with van der Waals surface area (Å²) in [6, 6.07) is 7.57. The Morgan fingerprint density at radius 2 is 2.00 bits per heavy atom. The number of hydrogen-bond donors (Lipinski definition) is 1. The molecule has 0 saturated heterocycles. The Hall–Kier alpha value is 0.130. The molecule has 0 fully saturated rings. The lowest BCUT2D eigenvalue weighted by Crippen LogP contribution is -1.98. The maximum absolute atomic E-state index is 10.3. The van der Waals surface area contributed by atoms with Crippen molar-refractivity contribution < 1.29 is 5.11 Å². The van der Waals surface area contributed by atoms with Crippen LogP contribution in [0.5, 0.6) is 0 Å². The van der Waals surface area contributed by atoms with Crippen molar-refractivity contribution in [2.75, 3.05) is 0 Å². The molecule has 17 heavy (non-hydrogen) atoms. The second kappa shape index (κ2) is 5.41. The SMILES string of the molecule is Cc1ccc(C(O)c2cc(Br)c(Br)s2)c(Cl)c1. The predicted octanol–water partition coefficient (Wildman–Crippen LogP) is 5.32. The fourth-order valence-electron chi connectivity index (χ4n) is 1.51. The maximum atomic E-state index is 10.3. The number of aliphatic hydroxyl groups is 1. The number of aryl methyl sites for hydroxylation is 1. The molecule has 90 valence electrons. The normalized spacial score (nSPS) is 12.8. The first-order valence-electron chi connectivity index (χ1n) is 4.88. The van der Waals surface area contributed by atoms with Crippen molar-refractivity contribution in [2.24, 2.45) is 0 Å². The van der Waals surface area contributed by atoms with E-state index in [9.17, 15) is 5.11 Å². The van der Waals surface area contributed by atoms with Crippen LogP contribution in [0, 0.1) is 6.92 Å². The predicted molar refractivity (Wildman–Crippen MR) is 80.0 cm³/mol. The molecule has 1 aromatic carbocycles. The van der Waals surface area contributed by atoms with E-state index in [1.807, 2.05) is 31.2 Å². The molecule has 0 bridgehead atoms. The zero-order chi connectivity index (χ0) is 12.6. The van der Waals surface area contributed by atoms with Gasteiger partial charge in [0.2, 0.25) is 0 Å². The molecule has 1 unspecified atom stereocenters. The first-order chi connectivity index (χ1) is 7.99. The molecule has 0 spiro atoms. The maximum Gasteiger partial charge on any atom is 0.115 e. The topological polar surface area (TPSA) is 20.2 Å². The van der Waals surface area contributed by atoms with Gasteiger partial charge in [0, 0.05) is 19.9 Å². The van der Waals surface area contributed by atoms with E-state index in [1.165, 1.54) is 11.3 Å². The average Bonchev–Trinajstić information content (AvgIpc) is 2.58. The fourth-order valence-corrected chi connectivity index (χ4v) is 3.94. The van der Waals surface area contributed by atoms with E-state index in [-0.39, 0.29) is 0 Å². The Balaban J connectivity index is 2.39. The van der Waals surface area contributed by atoms with E-state index in [2.05, 4.69) is 31.9 Å². The van der Waals surface area contributed by atoms with E-state index in [1.54, 1.807) is 0 Å². The van der Waals surface area contributed by atoms with Gasteiger partial charge in [0.15, 0.2) is 0 Å². The summed E-state index contributed by atoms with van der Waals surface area (Å²) in [6.45, 7) is 1.97. The van der Waals surface area contributed by atoms with Crippen molar-refractivity contribution in [3.8, 4) is 0 Å². The monoisotopic (exact) mass is 394 g/mol. The molecule has 5 heteroatoms. The number of halogens is 3. The van der Waals surface area contributed by atoms with Gasteiger partial charge in [0.25, 0.3) is 0 Å². The standard InChI is InChI=1S/C12H9Br2ClOS/c1-6-2-3-7(9(15)4-6)11(16)10-5-8(13)12(14)17-10/h2-5,11,16H,1H3. The molecule has 0 radical (unpaired) electrons. The molecular weight excluding hydrogens is 387 g/mol. The third-order valence-electron chi connectivity index (χ3n) is 2.38. The third-order valence-corrected chi connectivity index (χ3v) is 6.02. The van der Waals surface area contributed by atoms with Crippen molar-refractivity contribution in [2.45, 2.75) is 13.0 Å². The lowest BCUT2D eigenvalue weighted by Gasteiger charge is -2.11. The highest BCUT2D eigenvalue weighted by molar-refractivity contribution is 9.13. The number of benzene rings is 1. The van der Waals surface area contributed by atoms with Gasteiger partial charge in [0.1, 0.15) is 6.10 Å². The van der Waals surface area contributed by atoms with E-state index in [0.29, 0.717) is 5.02 Å². The van der Waals surface area contributed by atoms with Crippen LogP contribution in [-0.4, -0.2) is 5.11 Å². The van der Waals surface area contributed by atoms with Gasteiger partial charge in [0.05, 0.1) is 3.79 Å². The van der Waals surface area contributed by atoms with Crippen LogP contribution < -0.4 is 0 Å². The molecule has 2 aromatic rings. The number of hydrogen-bond acceptors (Lipinski definition) is 2. The molecule has 0 aliphatic heterocycles. The molecule has 0 saturated carbocycles. The van der Waals surface area contributed by atoms with E-state index in [4.69, 9.17) is 11.6 Å². The summed E-state index contributed by atoms with van der Waals surface area (Å²) in [5.41, 5.74) is 1.82. The third kappa shape index (κ3) is 2.93. The fraction of sp³-hybridized carbons (Fsp3) is 0.167. The molecule has 2 rings (SSSR count). The Labute approximate surface area is 126 Å². The Bertz CT molecular complexity index is 534. The Kier molecular flexibility index (Phi) is 4.31. The van der Waals surface area contributed by atoms with E-state index >= 15 is 0 Å². The summed E-state index contributed by atoms with van der Waals surface area (Å²) >= 11 is 14.5. The van der Waals surface area contributed by atoms with Gasteiger partial charge in [-0.1, -0.05) is 23.7 Å². The highest BCUT2D eigenvalue weighted by Crippen LogP contribution is 2.39. The summed E-state index contributed by atoms with van der Waals surface area (Å²) in [7, 11) is 0. The molecule has 1 aromatic heterocycles. The highest BCUT2D eigenvalue weighted by atomic mass is 79.9. The summed E-state index contributed by atoms with van der Waals surface area (Å²) in [4.78, 5) is 0.856. The van der Waals surface area contributed by atoms with Gasteiger partial charge in [-0.25, -0.2) is 0 Å². The van der Waals surface area contributed by atoms with Gasteiger partial charge in [-0.15, -0.1) is 11.3 Å². The first-order valence-corrected chi connectivity index (χ1v) is 7.66. The molecule has 1 atom stereocenters. The van der Waals surface area contributed by atoms with E-state index in [0.717, 1.165) is 24.3 Å². The summed E-state index contributed by atoms with van der Waals surface area (Å²) in [5.74, 6) is 0. The first kappa shape index (κ1) is 13.6. The molecule has 1 N–H and O–H groups in total. The summed E-state index contributed by atoms with van der Waals surface area (Å²) < 4.78 is 1.91. The Morgan fingerprint density at radius 1 is 1.29 bits per heavy atom. The zero-order valence-electron chi connectivity index (χ0n) is 8.88. The van der Waals surface area contributed by atoms with Crippen LogP contribution >= 0.6 is 54.8 Å². The second-order valence-corrected chi connectivity index (χ2v) is 7.36. The molecular formula is C12H9Br2ClOS. The van der Waals surface area contributed by atoms with Crippen molar-refractivity contribution in [1.29, 1.82) is 0 Å². The minimum absolute atomic E-state index is 0.596. The summed E-state index contributed by atoms with van der Waals surface area (Å²) in [6.07, 6.45) is -0.685. The van der Waals surface area contributed by atoms with Crippen LogP contribution in [0.15, 0.2) is 32.5 Å². The summed E-state index contributed by atoms with van der Waals surface area (Å²) in [5, 5.41) is 10.9. The van der Waals surface area contributed by atoms with Crippen molar-refractivity contribution in [3.63, 3.8) is 0 Å². The van der Waals surface area contributed by atoms with Gasteiger partial charge >= 0.3 is 0 Å². The Morgan fingerprint density at radius 3 is 2.53 bits per heavy atom. The lowest BCUT2D eigenvalue weighted by molar-refractivity contribution is 0.224. The van der Waals surface area contributed by atoms with Crippen LogP contribution in [0.1, 0.15) is 22.1 Å². The second-order valence-electron chi connectivity index (χ2n) is 3.70. The molecule has 0 amide bonds. The van der Waals surface area contributed by atoms with Crippen LogP contribution in [0.2, 0.25) is 5.02 Å². The van der Waals surface area contributed by atoms with Crippen molar-refractivity contribution >= 4 is 54.8 Å². The largest absolute Gasteiger partial charge is 0.383 e. The van der Waals surface area contributed by atoms with Gasteiger partial charge in [-0.2, -0.15) is 0 Å². The van der Waals surface area contributed by atoms with Crippen LogP contribution in [0.3, 0.4) is 0 Å². The smallest absolute Gasteiger partial charge is 0.115 e. The number of rotatable bonds is 2. The average molecular weight is 397 g/mol.